The van der Waals surface area contributed by atoms with Crippen LogP contribution in [0.2, 0.25) is 0 Å². The molecule has 15 heavy (non-hydrogen) atoms. The van der Waals surface area contributed by atoms with Crippen molar-refractivity contribution in [2.24, 2.45) is 11.8 Å². The molecule has 0 radical (unpaired) electrons. The number of carbonyl (C=O) groups excluding carboxylic acids is 2. The summed E-state index contributed by atoms with van der Waals surface area (Å²) in [6, 6.07) is 0. The average molecular weight is 213 g/mol. The summed E-state index contributed by atoms with van der Waals surface area (Å²) < 4.78 is 0. The highest BCUT2D eigenvalue weighted by Crippen LogP contribution is 2.05. The van der Waals surface area contributed by atoms with Gasteiger partial charge in [0, 0.05) is 19.5 Å². The summed E-state index contributed by atoms with van der Waals surface area (Å²) >= 11 is 0. The second-order valence-corrected chi connectivity index (χ2v) is 4.78. The van der Waals surface area contributed by atoms with Crippen LogP contribution < -0.4 is 0 Å². The number of hydrogen-bond donors (Lipinski definition) is 0. The lowest BCUT2D eigenvalue weighted by molar-refractivity contribution is -0.145. The molecule has 0 aromatic heterocycles. The summed E-state index contributed by atoms with van der Waals surface area (Å²) in [6.07, 6.45) is 2.05. The first-order valence-corrected chi connectivity index (χ1v) is 5.65. The SMILES string of the molecule is CC(C)CCCN(C)C(=O)C(=O)C(C)C. The van der Waals surface area contributed by atoms with E-state index in [9.17, 15) is 9.59 Å². The Kier molecular flexibility index (Phi) is 6.21. The minimum Gasteiger partial charge on any atom is -0.339 e. The second kappa shape index (κ2) is 6.59. The highest BCUT2D eigenvalue weighted by Gasteiger charge is 2.20. The van der Waals surface area contributed by atoms with Crippen molar-refractivity contribution in [2.75, 3.05) is 13.6 Å². The molecule has 0 spiro atoms. The molecule has 1 amide bonds. The van der Waals surface area contributed by atoms with E-state index in [0.29, 0.717) is 12.5 Å². The summed E-state index contributed by atoms with van der Waals surface area (Å²) in [5.41, 5.74) is 0. The quantitative estimate of drug-likeness (QED) is 0.634. The number of ketones is 1. The Hall–Kier alpha value is -0.860. The molecule has 0 rings (SSSR count). The molecule has 0 saturated heterocycles. The molecular weight excluding hydrogens is 190 g/mol. The highest BCUT2D eigenvalue weighted by molar-refractivity contribution is 6.36. The smallest absolute Gasteiger partial charge is 0.289 e. The molecule has 0 bridgehead atoms. The number of likely N-dealkylation sites (N-methyl/N-ethyl adjacent to an activating group) is 1. The molecule has 0 unspecified atom stereocenters. The predicted octanol–water partition coefficient (Wildman–Crippen LogP) is 2.11. The largest absolute Gasteiger partial charge is 0.339 e. The molecule has 0 saturated carbocycles. The van der Waals surface area contributed by atoms with Crippen LogP contribution in [0.15, 0.2) is 0 Å². The van der Waals surface area contributed by atoms with Gasteiger partial charge in [-0.15, -0.1) is 0 Å². The van der Waals surface area contributed by atoms with Gasteiger partial charge < -0.3 is 4.90 Å². The highest BCUT2D eigenvalue weighted by atomic mass is 16.2. The Bertz CT molecular complexity index is 222. The van der Waals surface area contributed by atoms with Crippen LogP contribution in [0.4, 0.5) is 0 Å². The van der Waals surface area contributed by atoms with Crippen molar-refractivity contribution in [3.63, 3.8) is 0 Å². The Morgan fingerprint density at radius 2 is 1.67 bits per heavy atom. The standard InChI is InChI=1S/C12H23NO2/c1-9(2)7-6-8-13(5)12(15)11(14)10(3)4/h9-10H,6-8H2,1-5H3. The zero-order valence-electron chi connectivity index (χ0n) is 10.5. The summed E-state index contributed by atoms with van der Waals surface area (Å²) in [5, 5.41) is 0. The number of nitrogens with zero attached hydrogens (tertiary/aromatic N) is 1. The zero-order chi connectivity index (χ0) is 12.0. The van der Waals surface area contributed by atoms with Crippen molar-refractivity contribution in [1.29, 1.82) is 0 Å². The lowest BCUT2D eigenvalue weighted by Gasteiger charge is -2.17. The first-order valence-electron chi connectivity index (χ1n) is 5.65. The molecule has 0 aromatic rings. The Balaban J connectivity index is 3.94. The van der Waals surface area contributed by atoms with Crippen LogP contribution >= 0.6 is 0 Å². The zero-order valence-corrected chi connectivity index (χ0v) is 10.5. The van der Waals surface area contributed by atoms with Crippen molar-refractivity contribution >= 4 is 11.7 Å². The Morgan fingerprint density at radius 1 is 1.13 bits per heavy atom. The number of rotatable bonds is 6. The molecule has 0 atom stereocenters. The van der Waals surface area contributed by atoms with Crippen molar-refractivity contribution in [3.05, 3.63) is 0 Å². The first kappa shape index (κ1) is 14.1. The maximum atomic E-state index is 11.5. The monoisotopic (exact) mass is 213 g/mol. The molecule has 3 heteroatoms. The summed E-state index contributed by atoms with van der Waals surface area (Å²) in [5.74, 6) is -0.199. The molecule has 0 aliphatic heterocycles. The van der Waals surface area contributed by atoms with Gasteiger partial charge in [-0.2, -0.15) is 0 Å². The van der Waals surface area contributed by atoms with E-state index in [0.717, 1.165) is 12.8 Å². The molecule has 0 fully saturated rings. The normalized spacial score (nSPS) is 10.9. The number of hydrogen-bond acceptors (Lipinski definition) is 2. The fourth-order valence-electron chi connectivity index (χ4n) is 1.27. The van der Waals surface area contributed by atoms with Crippen molar-refractivity contribution in [1.82, 2.24) is 4.90 Å². The molecule has 0 aliphatic rings. The van der Waals surface area contributed by atoms with E-state index in [1.54, 1.807) is 20.9 Å². The number of Topliss-reactive ketones (excluding diaryl/α,β-unsaturated/α-hetero) is 1. The van der Waals surface area contributed by atoms with Crippen molar-refractivity contribution < 1.29 is 9.59 Å². The summed E-state index contributed by atoms with van der Waals surface area (Å²) in [6.45, 7) is 8.49. The van der Waals surface area contributed by atoms with Gasteiger partial charge in [0.2, 0.25) is 5.78 Å². The van der Waals surface area contributed by atoms with Crippen LogP contribution in [0, 0.1) is 11.8 Å². The third kappa shape index (κ3) is 5.55. The van der Waals surface area contributed by atoms with Gasteiger partial charge in [0.1, 0.15) is 0 Å². The minimum absolute atomic E-state index is 0.204. The lowest BCUT2D eigenvalue weighted by atomic mass is 10.1. The van der Waals surface area contributed by atoms with Gasteiger partial charge in [-0.3, -0.25) is 9.59 Å². The molecule has 88 valence electrons. The summed E-state index contributed by atoms with van der Waals surface area (Å²) in [4.78, 5) is 24.5. The Morgan fingerprint density at radius 3 is 2.07 bits per heavy atom. The lowest BCUT2D eigenvalue weighted by Crippen LogP contribution is -2.36. The first-order chi connectivity index (χ1) is 6.86. The van der Waals surface area contributed by atoms with Gasteiger partial charge in [-0.05, 0) is 18.8 Å². The second-order valence-electron chi connectivity index (χ2n) is 4.78. The molecular formula is C12H23NO2. The average Bonchev–Trinajstić information content (AvgIpc) is 2.14. The molecule has 0 N–H and O–H groups in total. The third-order valence-corrected chi connectivity index (χ3v) is 2.36. The van der Waals surface area contributed by atoms with Crippen LogP contribution in [0.25, 0.3) is 0 Å². The number of carbonyl (C=O) groups is 2. The molecule has 3 nitrogen and oxygen atoms in total. The van der Waals surface area contributed by atoms with Gasteiger partial charge in [0.25, 0.3) is 5.91 Å². The van der Waals surface area contributed by atoms with E-state index in [-0.39, 0.29) is 17.6 Å². The van der Waals surface area contributed by atoms with E-state index in [2.05, 4.69) is 13.8 Å². The topological polar surface area (TPSA) is 37.4 Å². The van der Waals surface area contributed by atoms with Gasteiger partial charge >= 0.3 is 0 Å². The van der Waals surface area contributed by atoms with Crippen LogP contribution in [-0.2, 0) is 9.59 Å². The third-order valence-electron chi connectivity index (χ3n) is 2.36. The van der Waals surface area contributed by atoms with Crippen LogP contribution in [-0.4, -0.2) is 30.2 Å². The van der Waals surface area contributed by atoms with E-state index in [1.807, 2.05) is 0 Å². The van der Waals surface area contributed by atoms with Crippen LogP contribution in [0.3, 0.4) is 0 Å². The van der Waals surface area contributed by atoms with Gasteiger partial charge in [-0.25, -0.2) is 0 Å². The maximum absolute atomic E-state index is 11.5. The minimum atomic E-state index is -0.353. The van der Waals surface area contributed by atoms with E-state index < -0.39 is 0 Å². The van der Waals surface area contributed by atoms with Crippen molar-refractivity contribution in [2.45, 2.75) is 40.5 Å². The molecule has 0 aliphatic carbocycles. The van der Waals surface area contributed by atoms with E-state index in [4.69, 9.17) is 0 Å². The van der Waals surface area contributed by atoms with Gasteiger partial charge in [0.15, 0.2) is 0 Å². The fourth-order valence-corrected chi connectivity index (χ4v) is 1.27. The molecule has 0 aromatic carbocycles. The summed E-state index contributed by atoms with van der Waals surface area (Å²) in [7, 11) is 1.70. The fraction of sp³-hybridized carbons (Fsp3) is 0.833. The predicted molar refractivity (Wildman–Crippen MR) is 61.6 cm³/mol. The van der Waals surface area contributed by atoms with Gasteiger partial charge in [0.05, 0.1) is 0 Å². The van der Waals surface area contributed by atoms with Crippen LogP contribution in [0.5, 0.6) is 0 Å². The Labute approximate surface area is 92.8 Å². The van der Waals surface area contributed by atoms with Gasteiger partial charge in [-0.1, -0.05) is 27.7 Å². The van der Waals surface area contributed by atoms with Crippen LogP contribution in [0.1, 0.15) is 40.5 Å². The van der Waals surface area contributed by atoms with Crippen molar-refractivity contribution in [3.8, 4) is 0 Å². The number of amides is 1. The maximum Gasteiger partial charge on any atom is 0.289 e. The van der Waals surface area contributed by atoms with E-state index >= 15 is 0 Å². The molecule has 0 heterocycles. The van der Waals surface area contributed by atoms with E-state index in [1.165, 1.54) is 4.90 Å².